The predicted octanol–water partition coefficient (Wildman–Crippen LogP) is 4.08. The van der Waals surface area contributed by atoms with E-state index in [1.54, 1.807) is 6.07 Å². The van der Waals surface area contributed by atoms with Crippen LogP contribution in [-0.4, -0.2) is 10.2 Å². The number of nitrogens with zero attached hydrogens (tertiary/aromatic N) is 2. The summed E-state index contributed by atoms with van der Waals surface area (Å²) in [7, 11) is 0. The van der Waals surface area contributed by atoms with Crippen molar-refractivity contribution < 1.29 is 4.74 Å². The highest BCUT2D eigenvalue weighted by Crippen LogP contribution is 2.36. The number of rotatable bonds is 2. The normalized spacial score (nSPS) is 10.7. The number of hydrogen-bond donors (Lipinski definition) is 1. The van der Waals surface area contributed by atoms with Crippen LogP contribution in [0.5, 0.6) is 11.6 Å². The first-order valence-electron chi connectivity index (χ1n) is 6.10. The predicted molar refractivity (Wildman–Crippen MR) is 82.9 cm³/mol. The van der Waals surface area contributed by atoms with Gasteiger partial charge in [0.25, 0.3) is 0 Å². The number of aromatic nitrogens is 2. The lowest BCUT2D eigenvalue weighted by Crippen LogP contribution is -1.98. The van der Waals surface area contributed by atoms with E-state index in [2.05, 4.69) is 26.1 Å². The van der Waals surface area contributed by atoms with E-state index in [4.69, 9.17) is 10.5 Å². The van der Waals surface area contributed by atoms with Crippen LogP contribution in [0.1, 0.15) is 5.69 Å². The fraction of sp³-hybridized carbons (Fsp3) is 0.0667. The van der Waals surface area contributed by atoms with Crippen LogP contribution in [0, 0.1) is 6.92 Å². The van der Waals surface area contributed by atoms with E-state index in [1.807, 2.05) is 43.3 Å². The Morgan fingerprint density at radius 1 is 1.00 bits per heavy atom. The number of nitrogens with two attached hydrogens (primary N) is 1. The molecule has 0 aliphatic rings. The zero-order valence-electron chi connectivity index (χ0n) is 10.8. The molecule has 0 bridgehead atoms. The molecular weight excluding hydrogens is 318 g/mol. The molecule has 4 nitrogen and oxygen atoms in total. The van der Waals surface area contributed by atoms with Gasteiger partial charge in [0.05, 0.1) is 15.9 Å². The standard InChI is InChI=1S/C15H12BrN3O/c1-9-10-5-2-3-6-11(10)15(19-18-9)20-14-12(16)7-4-8-13(14)17/h2-8H,17H2,1H3. The average molecular weight is 330 g/mol. The molecule has 2 aromatic carbocycles. The minimum Gasteiger partial charge on any atom is -0.434 e. The molecule has 3 rings (SSSR count). The molecule has 100 valence electrons. The summed E-state index contributed by atoms with van der Waals surface area (Å²) in [6, 6.07) is 13.4. The number of fused-ring (bicyclic) bond motifs is 1. The van der Waals surface area contributed by atoms with Crippen LogP contribution >= 0.6 is 15.9 Å². The van der Waals surface area contributed by atoms with Crippen LogP contribution < -0.4 is 10.5 Å². The summed E-state index contributed by atoms with van der Waals surface area (Å²) < 4.78 is 6.64. The fourth-order valence-corrected chi connectivity index (χ4v) is 2.48. The number of anilines is 1. The van der Waals surface area contributed by atoms with Gasteiger partial charge in [0, 0.05) is 10.8 Å². The monoisotopic (exact) mass is 329 g/mol. The second-order valence-electron chi connectivity index (χ2n) is 4.40. The third kappa shape index (κ3) is 2.20. The summed E-state index contributed by atoms with van der Waals surface area (Å²) in [5.74, 6) is 1.00. The third-order valence-corrected chi connectivity index (χ3v) is 3.66. The largest absolute Gasteiger partial charge is 0.434 e. The number of hydrogen-bond acceptors (Lipinski definition) is 4. The van der Waals surface area contributed by atoms with E-state index in [0.717, 1.165) is 20.9 Å². The van der Waals surface area contributed by atoms with Crippen molar-refractivity contribution in [3.8, 4) is 11.6 Å². The molecule has 1 heterocycles. The van der Waals surface area contributed by atoms with Gasteiger partial charge in [-0.3, -0.25) is 0 Å². The van der Waals surface area contributed by atoms with Gasteiger partial charge >= 0.3 is 0 Å². The van der Waals surface area contributed by atoms with Crippen molar-refractivity contribution in [3.05, 3.63) is 52.6 Å². The Kier molecular flexibility index (Phi) is 3.28. The van der Waals surface area contributed by atoms with Crippen LogP contribution in [0.15, 0.2) is 46.9 Å². The first kappa shape index (κ1) is 12.9. The van der Waals surface area contributed by atoms with Crippen molar-refractivity contribution in [2.75, 3.05) is 5.73 Å². The molecule has 20 heavy (non-hydrogen) atoms. The molecule has 2 N–H and O–H groups in total. The van der Waals surface area contributed by atoms with E-state index in [1.165, 1.54) is 0 Å². The molecule has 0 aliphatic heterocycles. The lowest BCUT2D eigenvalue weighted by atomic mass is 10.1. The van der Waals surface area contributed by atoms with Gasteiger partial charge in [-0.05, 0) is 41.1 Å². The molecule has 3 aromatic rings. The summed E-state index contributed by atoms with van der Waals surface area (Å²) in [4.78, 5) is 0. The Hall–Kier alpha value is -2.14. The Balaban J connectivity index is 2.14. The average Bonchev–Trinajstić information content (AvgIpc) is 2.46. The minimum atomic E-state index is 0.449. The van der Waals surface area contributed by atoms with E-state index in [-0.39, 0.29) is 0 Å². The van der Waals surface area contributed by atoms with E-state index < -0.39 is 0 Å². The van der Waals surface area contributed by atoms with Gasteiger partial charge in [-0.2, -0.15) is 5.10 Å². The molecule has 0 saturated carbocycles. The summed E-state index contributed by atoms with van der Waals surface area (Å²) in [6.45, 7) is 1.92. The van der Waals surface area contributed by atoms with Crippen molar-refractivity contribution in [2.24, 2.45) is 0 Å². The molecule has 0 amide bonds. The van der Waals surface area contributed by atoms with Gasteiger partial charge in [0.2, 0.25) is 5.88 Å². The van der Waals surface area contributed by atoms with Crippen molar-refractivity contribution in [1.82, 2.24) is 10.2 Å². The second-order valence-corrected chi connectivity index (χ2v) is 5.25. The Bertz CT molecular complexity index is 769. The van der Waals surface area contributed by atoms with Crippen molar-refractivity contribution in [3.63, 3.8) is 0 Å². The van der Waals surface area contributed by atoms with Crippen LogP contribution in [0.2, 0.25) is 0 Å². The summed E-state index contributed by atoms with van der Waals surface area (Å²) in [5, 5.41) is 10.2. The lowest BCUT2D eigenvalue weighted by molar-refractivity contribution is 0.461. The van der Waals surface area contributed by atoms with E-state index in [9.17, 15) is 0 Å². The fourth-order valence-electron chi connectivity index (χ4n) is 2.02. The SMILES string of the molecule is Cc1nnc(Oc2c(N)cccc2Br)c2ccccc12. The van der Waals surface area contributed by atoms with Gasteiger partial charge in [-0.25, -0.2) is 0 Å². The number of halogens is 1. The molecule has 0 atom stereocenters. The Morgan fingerprint density at radius 2 is 1.75 bits per heavy atom. The lowest BCUT2D eigenvalue weighted by Gasteiger charge is -2.11. The molecule has 0 spiro atoms. The Labute approximate surface area is 124 Å². The molecule has 1 aromatic heterocycles. The highest BCUT2D eigenvalue weighted by Gasteiger charge is 2.12. The van der Waals surface area contributed by atoms with Crippen LogP contribution in [0.25, 0.3) is 10.8 Å². The molecule has 0 radical (unpaired) electrons. The topological polar surface area (TPSA) is 61.0 Å². The first-order chi connectivity index (χ1) is 9.66. The van der Waals surface area contributed by atoms with Crippen molar-refractivity contribution in [2.45, 2.75) is 6.92 Å². The van der Waals surface area contributed by atoms with Gasteiger partial charge < -0.3 is 10.5 Å². The van der Waals surface area contributed by atoms with Crippen LogP contribution in [0.3, 0.4) is 0 Å². The number of para-hydroxylation sites is 1. The minimum absolute atomic E-state index is 0.449. The molecule has 5 heteroatoms. The van der Waals surface area contributed by atoms with Crippen LogP contribution in [0.4, 0.5) is 5.69 Å². The quantitative estimate of drug-likeness (QED) is 0.720. The zero-order chi connectivity index (χ0) is 14.1. The van der Waals surface area contributed by atoms with Gasteiger partial charge in [0.1, 0.15) is 0 Å². The maximum atomic E-state index is 5.94. The van der Waals surface area contributed by atoms with E-state index in [0.29, 0.717) is 17.3 Å². The number of aryl methyl sites for hydroxylation is 1. The van der Waals surface area contributed by atoms with Crippen molar-refractivity contribution in [1.29, 1.82) is 0 Å². The number of nitrogen functional groups attached to an aromatic ring is 1. The van der Waals surface area contributed by atoms with Gasteiger partial charge in [-0.15, -0.1) is 5.10 Å². The van der Waals surface area contributed by atoms with Gasteiger partial charge in [-0.1, -0.05) is 24.3 Å². The molecule has 0 saturated heterocycles. The maximum absolute atomic E-state index is 5.94. The number of ether oxygens (including phenoxy) is 1. The van der Waals surface area contributed by atoms with Gasteiger partial charge in [0.15, 0.2) is 5.75 Å². The van der Waals surface area contributed by atoms with Crippen LogP contribution in [-0.2, 0) is 0 Å². The summed E-state index contributed by atoms with van der Waals surface area (Å²) in [6.07, 6.45) is 0. The maximum Gasteiger partial charge on any atom is 0.246 e. The molecule has 0 aliphatic carbocycles. The smallest absolute Gasteiger partial charge is 0.246 e. The molecule has 0 unspecified atom stereocenters. The third-order valence-electron chi connectivity index (χ3n) is 3.03. The summed E-state index contributed by atoms with van der Waals surface area (Å²) >= 11 is 3.43. The van der Waals surface area contributed by atoms with E-state index >= 15 is 0 Å². The van der Waals surface area contributed by atoms with Crippen molar-refractivity contribution >= 4 is 32.4 Å². The molecule has 0 fully saturated rings. The number of benzene rings is 2. The second kappa shape index (κ2) is 5.09. The first-order valence-corrected chi connectivity index (χ1v) is 6.90. The summed E-state index contributed by atoms with van der Waals surface area (Å²) in [5.41, 5.74) is 7.36. The molecular formula is C15H12BrN3O. The highest BCUT2D eigenvalue weighted by atomic mass is 79.9. The Morgan fingerprint density at radius 3 is 2.50 bits per heavy atom. The zero-order valence-corrected chi connectivity index (χ0v) is 12.4. The highest BCUT2D eigenvalue weighted by molar-refractivity contribution is 9.10.